The van der Waals surface area contributed by atoms with Gasteiger partial charge in [0.25, 0.3) is 0 Å². The summed E-state index contributed by atoms with van der Waals surface area (Å²) in [6, 6.07) is 0. The van der Waals surface area contributed by atoms with E-state index in [1.165, 1.54) is 0 Å². The van der Waals surface area contributed by atoms with Gasteiger partial charge in [-0.2, -0.15) is 0 Å². The van der Waals surface area contributed by atoms with Gasteiger partial charge in [-0.05, 0) is 18.9 Å². The van der Waals surface area contributed by atoms with Gasteiger partial charge in [0.1, 0.15) is 5.83 Å². The van der Waals surface area contributed by atoms with Gasteiger partial charge in [0.2, 0.25) is 0 Å². The second-order valence-electron chi connectivity index (χ2n) is 3.43. The lowest BCUT2D eigenvalue weighted by molar-refractivity contribution is 0.307. The molecule has 0 spiro atoms. The summed E-state index contributed by atoms with van der Waals surface area (Å²) in [5.41, 5.74) is 9.66. The molecule has 1 atom stereocenters. The van der Waals surface area contributed by atoms with Crippen molar-refractivity contribution < 1.29 is 4.39 Å². The molecule has 0 aromatic heterocycles. The Balaban J connectivity index is 2.05. The third-order valence-corrected chi connectivity index (χ3v) is 2.34. The van der Waals surface area contributed by atoms with Gasteiger partial charge < -0.3 is 10.7 Å². The molecule has 0 aromatic rings. The van der Waals surface area contributed by atoms with Gasteiger partial charge in [0, 0.05) is 13.0 Å². The van der Waals surface area contributed by atoms with Crippen LogP contribution in [0.25, 0.3) is 0 Å². The SMILES string of the molecule is NC1CCN(C2=CCCC(F)=C2)N1. The number of rotatable bonds is 1. The average Bonchev–Trinajstić information content (AvgIpc) is 2.52. The minimum Gasteiger partial charge on any atom is -0.314 e. The normalized spacial score (nSPS) is 28.8. The van der Waals surface area contributed by atoms with Gasteiger partial charge in [-0.3, -0.25) is 0 Å². The highest BCUT2D eigenvalue weighted by Crippen LogP contribution is 2.21. The van der Waals surface area contributed by atoms with Crippen LogP contribution in [0.1, 0.15) is 19.3 Å². The van der Waals surface area contributed by atoms with Crippen LogP contribution in [0.5, 0.6) is 0 Å². The molecule has 0 aromatic carbocycles. The van der Waals surface area contributed by atoms with Gasteiger partial charge in [0.05, 0.1) is 11.9 Å². The van der Waals surface area contributed by atoms with E-state index in [0.29, 0.717) is 6.42 Å². The maximum atomic E-state index is 12.9. The van der Waals surface area contributed by atoms with Crippen LogP contribution in [0.15, 0.2) is 23.7 Å². The molecule has 3 nitrogen and oxygen atoms in total. The second-order valence-corrected chi connectivity index (χ2v) is 3.43. The Morgan fingerprint density at radius 2 is 2.46 bits per heavy atom. The van der Waals surface area contributed by atoms with Crippen LogP contribution in [-0.2, 0) is 0 Å². The number of nitrogens with one attached hydrogen (secondary N) is 1. The maximum absolute atomic E-state index is 12.9. The number of hydrogen-bond acceptors (Lipinski definition) is 3. The molecule has 0 radical (unpaired) electrons. The van der Waals surface area contributed by atoms with E-state index < -0.39 is 0 Å². The predicted molar refractivity (Wildman–Crippen MR) is 48.9 cm³/mol. The Morgan fingerprint density at radius 1 is 1.62 bits per heavy atom. The lowest BCUT2D eigenvalue weighted by Gasteiger charge is -2.22. The zero-order valence-electron chi connectivity index (χ0n) is 7.46. The predicted octanol–water partition coefficient (Wildman–Crippen LogP) is 1.01. The first kappa shape index (κ1) is 8.72. The zero-order chi connectivity index (χ0) is 9.26. The van der Waals surface area contributed by atoms with E-state index in [2.05, 4.69) is 5.43 Å². The minimum absolute atomic E-state index is 0.0132. The number of nitrogens with two attached hydrogens (primary N) is 1. The van der Waals surface area contributed by atoms with Gasteiger partial charge in [-0.25, -0.2) is 9.82 Å². The molecular weight excluding hydrogens is 169 g/mol. The van der Waals surface area contributed by atoms with Gasteiger partial charge >= 0.3 is 0 Å². The van der Waals surface area contributed by atoms with Crippen molar-refractivity contribution in [3.63, 3.8) is 0 Å². The number of hydrogen-bond donors (Lipinski definition) is 2. The molecular formula is C9H14FN3. The highest BCUT2D eigenvalue weighted by molar-refractivity contribution is 5.24. The lowest BCUT2D eigenvalue weighted by atomic mass is 10.1. The molecule has 0 bridgehead atoms. The fraction of sp³-hybridized carbons (Fsp3) is 0.556. The first-order valence-electron chi connectivity index (χ1n) is 4.61. The average molecular weight is 183 g/mol. The summed E-state index contributed by atoms with van der Waals surface area (Å²) in [6.45, 7) is 0.858. The van der Waals surface area contributed by atoms with E-state index >= 15 is 0 Å². The monoisotopic (exact) mass is 183 g/mol. The molecule has 72 valence electrons. The van der Waals surface area contributed by atoms with Gasteiger partial charge in [-0.15, -0.1) is 0 Å². The molecule has 1 aliphatic carbocycles. The molecule has 4 heteroatoms. The quantitative estimate of drug-likeness (QED) is 0.637. The molecule has 1 heterocycles. The maximum Gasteiger partial charge on any atom is 0.102 e. The molecule has 13 heavy (non-hydrogen) atoms. The van der Waals surface area contributed by atoms with E-state index in [1.54, 1.807) is 6.08 Å². The van der Waals surface area contributed by atoms with Crippen LogP contribution in [0, 0.1) is 0 Å². The number of halogens is 1. The Kier molecular flexibility index (Phi) is 2.33. The topological polar surface area (TPSA) is 41.3 Å². The summed E-state index contributed by atoms with van der Waals surface area (Å²) < 4.78 is 12.9. The number of nitrogens with zero attached hydrogens (tertiary/aromatic N) is 1. The van der Waals surface area contributed by atoms with Crippen LogP contribution >= 0.6 is 0 Å². The summed E-state index contributed by atoms with van der Waals surface area (Å²) in [5.74, 6) is -0.0419. The van der Waals surface area contributed by atoms with Crippen LogP contribution in [0.4, 0.5) is 4.39 Å². The first-order valence-corrected chi connectivity index (χ1v) is 4.61. The summed E-state index contributed by atoms with van der Waals surface area (Å²) in [7, 11) is 0. The fourth-order valence-electron chi connectivity index (χ4n) is 1.64. The van der Waals surface area contributed by atoms with E-state index in [-0.39, 0.29) is 12.0 Å². The summed E-state index contributed by atoms with van der Waals surface area (Å²) in [6.07, 6.45) is 5.85. The second kappa shape index (κ2) is 3.47. The van der Waals surface area contributed by atoms with E-state index in [0.717, 1.165) is 25.1 Å². The number of allylic oxidation sites excluding steroid dienone is 3. The molecule has 2 aliphatic rings. The van der Waals surface area contributed by atoms with Crippen LogP contribution in [-0.4, -0.2) is 17.7 Å². The van der Waals surface area contributed by atoms with Crippen molar-refractivity contribution in [1.82, 2.24) is 10.4 Å². The Labute approximate surface area is 77.1 Å². The standard InChI is InChI=1S/C9H14FN3/c10-7-2-1-3-8(6-7)13-5-4-9(11)12-13/h3,6,9,12H,1-2,4-5,11H2. The Morgan fingerprint density at radius 3 is 3.08 bits per heavy atom. The van der Waals surface area contributed by atoms with E-state index in [4.69, 9.17) is 5.73 Å². The van der Waals surface area contributed by atoms with Crippen molar-refractivity contribution in [1.29, 1.82) is 0 Å². The van der Waals surface area contributed by atoms with Crippen molar-refractivity contribution in [2.24, 2.45) is 5.73 Å². The summed E-state index contributed by atoms with van der Waals surface area (Å²) >= 11 is 0. The summed E-state index contributed by atoms with van der Waals surface area (Å²) in [4.78, 5) is 0. The van der Waals surface area contributed by atoms with Gasteiger partial charge in [-0.1, -0.05) is 6.08 Å². The Bertz CT molecular complexity index is 260. The molecule has 1 fully saturated rings. The van der Waals surface area contributed by atoms with Crippen LogP contribution < -0.4 is 11.2 Å². The van der Waals surface area contributed by atoms with Crippen molar-refractivity contribution in [3.8, 4) is 0 Å². The minimum atomic E-state index is -0.0419. The smallest absolute Gasteiger partial charge is 0.102 e. The number of hydrazine groups is 1. The molecule has 2 rings (SSSR count). The highest BCUT2D eigenvalue weighted by Gasteiger charge is 2.20. The molecule has 3 N–H and O–H groups in total. The largest absolute Gasteiger partial charge is 0.314 e. The van der Waals surface area contributed by atoms with Crippen LogP contribution in [0.2, 0.25) is 0 Å². The molecule has 0 saturated carbocycles. The van der Waals surface area contributed by atoms with Crippen LogP contribution in [0.3, 0.4) is 0 Å². The summed E-state index contributed by atoms with van der Waals surface area (Å²) in [5, 5.41) is 1.92. The molecule has 1 aliphatic heterocycles. The van der Waals surface area contributed by atoms with Crippen molar-refractivity contribution in [2.45, 2.75) is 25.4 Å². The first-order chi connectivity index (χ1) is 6.25. The molecule has 1 unspecified atom stereocenters. The molecule has 0 amide bonds. The Hall–Kier alpha value is -0.870. The third-order valence-electron chi connectivity index (χ3n) is 2.34. The lowest BCUT2D eigenvalue weighted by Crippen LogP contribution is -2.39. The van der Waals surface area contributed by atoms with Crippen molar-refractivity contribution in [3.05, 3.63) is 23.7 Å². The highest BCUT2D eigenvalue weighted by atomic mass is 19.1. The van der Waals surface area contributed by atoms with E-state index in [9.17, 15) is 4.39 Å². The van der Waals surface area contributed by atoms with Crippen molar-refractivity contribution in [2.75, 3.05) is 6.54 Å². The van der Waals surface area contributed by atoms with Gasteiger partial charge in [0.15, 0.2) is 0 Å². The van der Waals surface area contributed by atoms with E-state index in [1.807, 2.05) is 11.1 Å². The zero-order valence-corrected chi connectivity index (χ0v) is 7.46. The van der Waals surface area contributed by atoms with Crippen molar-refractivity contribution >= 4 is 0 Å². The molecule has 1 saturated heterocycles. The fourth-order valence-corrected chi connectivity index (χ4v) is 1.64. The third kappa shape index (κ3) is 1.89.